The molecule has 1 atom stereocenters. The molecule has 1 N–H and O–H groups in total. The van der Waals surface area contributed by atoms with Crippen molar-refractivity contribution in [3.63, 3.8) is 0 Å². The van der Waals surface area contributed by atoms with Crippen LogP contribution in [0.1, 0.15) is 23.8 Å². The van der Waals surface area contributed by atoms with Gasteiger partial charge in [0.15, 0.2) is 11.3 Å². The van der Waals surface area contributed by atoms with Crippen LogP contribution in [0.5, 0.6) is 0 Å². The highest BCUT2D eigenvalue weighted by Crippen LogP contribution is 2.20. The van der Waals surface area contributed by atoms with Crippen LogP contribution in [0.15, 0.2) is 18.3 Å². The molecule has 3 rings (SSSR count). The third-order valence-corrected chi connectivity index (χ3v) is 3.37. The molecule has 1 unspecified atom stereocenters. The van der Waals surface area contributed by atoms with Crippen molar-refractivity contribution in [2.75, 3.05) is 24.5 Å². The quantitative estimate of drug-likeness (QED) is 0.910. The van der Waals surface area contributed by atoms with Crippen LogP contribution in [0.3, 0.4) is 0 Å². The highest BCUT2D eigenvalue weighted by atomic mass is 19.1. The molecule has 3 heterocycles. The average molecular weight is 277 g/mol. The fourth-order valence-electron chi connectivity index (χ4n) is 2.36. The molecule has 1 saturated heterocycles. The summed E-state index contributed by atoms with van der Waals surface area (Å²) in [4.78, 5) is 18.0. The van der Waals surface area contributed by atoms with Gasteiger partial charge in [0.1, 0.15) is 12.0 Å². The number of fused-ring (bicyclic) bond motifs is 1. The van der Waals surface area contributed by atoms with Crippen LogP contribution in [-0.4, -0.2) is 46.3 Å². The first-order valence-electron chi connectivity index (χ1n) is 6.71. The molecule has 0 aliphatic carbocycles. The van der Waals surface area contributed by atoms with Gasteiger partial charge >= 0.3 is 0 Å². The molecule has 1 fully saturated rings. The smallest absolute Gasteiger partial charge is 0.271 e. The van der Waals surface area contributed by atoms with Gasteiger partial charge in [0.25, 0.3) is 5.91 Å². The Hall–Kier alpha value is -2.18. The molecule has 0 spiro atoms. The number of rotatable bonds is 3. The fourth-order valence-corrected chi connectivity index (χ4v) is 2.36. The van der Waals surface area contributed by atoms with Gasteiger partial charge < -0.3 is 10.2 Å². The van der Waals surface area contributed by atoms with Crippen molar-refractivity contribution in [1.29, 1.82) is 0 Å². The zero-order valence-electron chi connectivity index (χ0n) is 11.2. The predicted octanol–water partition coefficient (Wildman–Crippen LogP) is 1.03. The molecule has 0 aromatic carbocycles. The molecule has 6 nitrogen and oxygen atoms in total. The third kappa shape index (κ3) is 2.19. The van der Waals surface area contributed by atoms with Crippen molar-refractivity contribution < 1.29 is 9.18 Å². The second-order valence-electron chi connectivity index (χ2n) is 4.80. The normalized spacial score (nSPS) is 18.7. The Balaban J connectivity index is 1.96. The van der Waals surface area contributed by atoms with Gasteiger partial charge in [-0.2, -0.15) is 0 Å². The van der Waals surface area contributed by atoms with E-state index in [-0.39, 0.29) is 5.91 Å². The van der Waals surface area contributed by atoms with Crippen molar-refractivity contribution >= 4 is 17.4 Å². The molecule has 0 radical (unpaired) electrons. The number of carbonyl (C=O) groups excluding carboxylic acids is 1. The molecule has 0 bridgehead atoms. The number of hydrogen-bond acceptors (Lipinski definition) is 4. The molecule has 0 saturated carbocycles. The molecular formula is C13H16FN5O. The molecule has 2 aromatic rings. The number of nitrogens with one attached hydrogen (secondary N) is 1. The second-order valence-corrected chi connectivity index (χ2v) is 4.80. The van der Waals surface area contributed by atoms with Gasteiger partial charge in [0.05, 0.1) is 12.7 Å². The maximum Gasteiger partial charge on any atom is 0.271 e. The number of alkyl halides is 1. The minimum absolute atomic E-state index is 0.213. The summed E-state index contributed by atoms with van der Waals surface area (Å²) >= 11 is 0. The number of aromatic nitrogens is 3. The lowest BCUT2D eigenvalue weighted by molar-refractivity contribution is 0.0949. The van der Waals surface area contributed by atoms with Crippen LogP contribution in [0.25, 0.3) is 5.65 Å². The van der Waals surface area contributed by atoms with Crippen molar-refractivity contribution in [1.82, 2.24) is 19.9 Å². The molecule has 2 aromatic heterocycles. The Bertz CT molecular complexity index is 641. The fraction of sp³-hybridized carbons (Fsp3) is 0.462. The minimum Gasteiger partial charge on any atom is -0.352 e. The summed E-state index contributed by atoms with van der Waals surface area (Å²) in [6, 6.07) is 3.60. The summed E-state index contributed by atoms with van der Waals surface area (Å²) < 4.78 is 14.8. The second kappa shape index (κ2) is 5.07. The Morgan fingerprint density at radius 3 is 3.10 bits per heavy atom. The molecule has 1 aliphatic heterocycles. The summed E-state index contributed by atoms with van der Waals surface area (Å²) in [5.41, 5.74) is 0.991. The summed E-state index contributed by atoms with van der Waals surface area (Å²) in [6.45, 7) is 3.39. The van der Waals surface area contributed by atoms with E-state index in [4.69, 9.17) is 0 Å². The minimum atomic E-state index is -0.807. The van der Waals surface area contributed by atoms with Crippen LogP contribution in [0, 0.1) is 0 Å². The lowest BCUT2D eigenvalue weighted by Crippen LogP contribution is -2.25. The Labute approximate surface area is 115 Å². The zero-order chi connectivity index (χ0) is 14.1. The largest absolute Gasteiger partial charge is 0.352 e. The van der Waals surface area contributed by atoms with E-state index in [1.54, 1.807) is 6.07 Å². The Morgan fingerprint density at radius 1 is 1.55 bits per heavy atom. The van der Waals surface area contributed by atoms with Crippen LogP contribution in [0.4, 0.5) is 10.2 Å². The highest BCUT2D eigenvalue weighted by molar-refractivity contribution is 5.93. The predicted molar refractivity (Wildman–Crippen MR) is 72.7 cm³/mol. The standard InChI is InChI=1S/C13H16FN5O/c1-2-15-13(20)10-7-16-11-3-4-12(17-19(10)11)18-6-5-9(14)8-18/h3-4,7,9H,2,5-6,8H2,1H3,(H,15,20). The van der Waals surface area contributed by atoms with Crippen LogP contribution in [-0.2, 0) is 0 Å². The first-order chi connectivity index (χ1) is 9.69. The number of imidazole rings is 1. The highest BCUT2D eigenvalue weighted by Gasteiger charge is 2.23. The molecule has 7 heteroatoms. The first kappa shape index (κ1) is 12.8. The lowest BCUT2D eigenvalue weighted by Gasteiger charge is -2.16. The van der Waals surface area contributed by atoms with Crippen molar-refractivity contribution in [3.05, 3.63) is 24.0 Å². The maximum atomic E-state index is 13.3. The number of nitrogens with zero attached hydrogens (tertiary/aromatic N) is 4. The van der Waals surface area contributed by atoms with E-state index in [0.29, 0.717) is 43.2 Å². The van der Waals surface area contributed by atoms with Gasteiger partial charge in [-0.15, -0.1) is 5.10 Å². The summed E-state index contributed by atoms with van der Waals surface area (Å²) in [7, 11) is 0. The molecule has 106 valence electrons. The Morgan fingerprint density at radius 2 is 2.40 bits per heavy atom. The van der Waals surface area contributed by atoms with Crippen molar-refractivity contribution in [3.8, 4) is 0 Å². The molecule has 1 amide bonds. The van der Waals surface area contributed by atoms with Crippen LogP contribution in [0.2, 0.25) is 0 Å². The number of amides is 1. The maximum absolute atomic E-state index is 13.3. The summed E-state index contributed by atoms with van der Waals surface area (Å²) in [6.07, 6.45) is 1.21. The molecule has 20 heavy (non-hydrogen) atoms. The van der Waals surface area contributed by atoms with E-state index < -0.39 is 6.17 Å². The number of hydrogen-bond donors (Lipinski definition) is 1. The van der Waals surface area contributed by atoms with E-state index >= 15 is 0 Å². The van der Waals surface area contributed by atoms with Gasteiger partial charge in [-0.3, -0.25) is 4.79 Å². The van der Waals surface area contributed by atoms with E-state index in [1.807, 2.05) is 17.9 Å². The Kier molecular flexibility index (Phi) is 3.25. The number of anilines is 1. The SMILES string of the molecule is CCNC(=O)c1cnc2ccc(N3CCC(F)C3)nn12. The van der Waals surface area contributed by atoms with Gasteiger partial charge in [0, 0.05) is 13.1 Å². The topological polar surface area (TPSA) is 62.5 Å². The van der Waals surface area contributed by atoms with Gasteiger partial charge in [0.2, 0.25) is 0 Å². The first-order valence-corrected chi connectivity index (χ1v) is 6.71. The van der Waals surface area contributed by atoms with Crippen molar-refractivity contribution in [2.24, 2.45) is 0 Å². The van der Waals surface area contributed by atoms with E-state index in [9.17, 15) is 9.18 Å². The zero-order valence-corrected chi connectivity index (χ0v) is 11.2. The van der Waals surface area contributed by atoms with E-state index in [2.05, 4.69) is 15.4 Å². The lowest BCUT2D eigenvalue weighted by atomic mass is 10.3. The summed E-state index contributed by atoms with van der Waals surface area (Å²) in [5.74, 6) is 0.454. The van der Waals surface area contributed by atoms with Gasteiger partial charge in [-0.25, -0.2) is 13.9 Å². The van der Waals surface area contributed by atoms with Crippen LogP contribution >= 0.6 is 0 Å². The van der Waals surface area contributed by atoms with E-state index in [0.717, 1.165) is 0 Å². The molecule has 1 aliphatic rings. The third-order valence-electron chi connectivity index (χ3n) is 3.37. The molecular weight excluding hydrogens is 261 g/mol. The van der Waals surface area contributed by atoms with Crippen LogP contribution < -0.4 is 10.2 Å². The van der Waals surface area contributed by atoms with Crippen molar-refractivity contribution in [2.45, 2.75) is 19.5 Å². The monoisotopic (exact) mass is 277 g/mol. The van der Waals surface area contributed by atoms with Gasteiger partial charge in [-0.05, 0) is 25.5 Å². The summed E-state index contributed by atoms with van der Waals surface area (Å²) in [5, 5.41) is 7.13. The number of carbonyl (C=O) groups is 1. The van der Waals surface area contributed by atoms with E-state index in [1.165, 1.54) is 10.7 Å². The number of halogens is 1. The van der Waals surface area contributed by atoms with Gasteiger partial charge in [-0.1, -0.05) is 0 Å². The average Bonchev–Trinajstić information content (AvgIpc) is 3.04.